The number of cyclic esters (lactones) is 1. The Labute approximate surface area is 343 Å². The first-order valence-corrected chi connectivity index (χ1v) is 20.9. The Morgan fingerprint density at radius 2 is 1.78 bits per heavy atom. The van der Waals surface area contributed by atoms with E-state index in [4.69, 9.17) is 23.7 Å². The average Bonchev–Trinajstić information content (AvgIpc) is 3.77. The van der Waals surface area contributed by atoms with Crippen LogP contribution in [0.2, 0.25) is 0 Å². The summed E-state index contributed by atoms with van der Waals surface area (Å²) in [5.74, 6) is -3.15. The third kappa shape index (κ3) is 9.90. The molecule has 0 aromatic carbocycles. The summed E-state index contributed by atoms with van der Waals surface area (Å²) in [4.78, 5) is 50.2. The number of nitrogens with zero attached hydrogens (tertiary/aromatic N) is 6. The van der Waals surface area contributed by atoms with E-state index in [1.807, 2.05) is 78.0 Å². The second-order valence-corrected chi connectivity index (χ2v) is 17.4. The van der Waals surface area contributed by atoms with Gasteiger partial charge in [0.15, 0.2) is 17.7 Å². The largest absolute Gasteiger partial charge is 0.458 e. The Morgan fingerprint density at radius 3 is 2.43 bits per heavy atom. The fourth-order valence-electron chi connectivity index (χ4n) is 9.25. The summed E-state index contributed by atoms with van der Waals surface area (Å²) in [6.45, 7) is 16.4. The number of pyridine rings is 1. The molecule has 58 heavy (non-hydrogen) atoms. The van der Waals surface area contributed by atoms with Crippen LogP contribution < -0.4 is 5.32 Å². The Balaban J connectivity index is 1.38. The number of hydrogen-bond acceptors (Lipinski definition) is 14. The summed E-state index contributed by atoms with van der Waals surface area (Å²) in [7, 11) is 5.39. The first kappa shape index (κ1) is 45.5. The number of esters is 1. The van der Waals surface area contributed by atoms with Gasteiger partial charge in [-0.2, -0.15) is 0 Å². The highest BCUT2D eigenvalue weighted by atomic mass is 16.7. The van der Waals surface area contributed by atoms with Crippen LogP contribution in [0, 0.1) is 17.8 Å². The van der Waals surface area contributed by atoms with Gasteiger partial charge >= 0.3 is 12.1 Å². The fraction of sp³-hybridized carbons (Fsp3) is 0.762. The number of Topliss-reactive ketones (excluding diaryl/α,β-unsaturated/α-hetero) is 1. The number of fused-ring (bicyclic) bond motifs is 1. The van der Waals surface area contributed by atoms with Crippen LogP contribution >= 0.6 is 0 Å². The van der Waals surface area contributed by atoms with Crippen molar-refractivity contribution < 1.29 is 43.2 Å². The molecule has 0 bridgehead atoms. The number of aromatic nitrogens is 4. The van der Waals surface area contributed by atoms with Crippen molar-refractivity contribution in [1.29, 1.82) is 0 Å². The molecule has 3 unspecified atom stereocenters. The maximum atomic E-state index is 14.4. The Bertz CT molecular complexity index is 1680. The lowest BCUT2D eigenvalue weighted by atomic mass is 9.78. The van der Waals surface area contributed by atoms with Gasteiger partial charge in [0.1, 0.15) is 23.8 Å². The van der Waals surface area contributed by atoms with Crippen LogP contribution in [-0.2, 0) is 39.8 Å². The SMILES string of the molecule is CC[C@@H]1OC(=O)C(C)C(=O)[C@H](C)[C@@H](O[C@@H]2O[C@H](C)CC(N(C)C)C2O)[C@](C)(OC)C[C@@H](C)CN[C@H](C)[C@H]2N(CCCCn3cc(-c4ccccn4)nn3)C(=O)O[C@]12C. The molecule has 16 heteroatoms. The number of amides is 1. The Kier molecular flexibility index (Phi) is 15.1. The first-order valence-electron chi connectivity index (χ1n) is 20.9. The number of aliphatic hydroxyl groups is 1. The third-order valence-corrected chi connectivity index (χ3v) is 12.6. The second-order valence-electron chi connectivity index (χ2n) is 17.4. The van der Waals surface area contributed by atoms with E-state index in [1.54, 1.807) is 29.8 Å². The lowest BCUT2D eigenvalue weighted by molar-refractivity contribution is -0.295. The van der Waals surface area contributed by atoms with Crippen molar-refractivity contribution in [2.45, 2.75) is 154 Å². The summed E-state index contributed by atoms with van der Waals surface area (Å²) in [5.41, 5.74) is -0.833. The van der Waals surface area contributed by atoms with Crippen molar-refractivity contribution >= 4 is 17.8 Å². The zero-order valence-corrected chi connectivity index (χ0v) is 36.3. The molecule has 0 saturated carbocycles. The molecule has 0 radical (unpaired) electrons. The van der Waals surface area contributed by atoms with Gasteiger partial charge in [-0.15, -0.1) is 5.10 Å². The smallest absolute Gasteiger partial charge is 0.410 e. The van der Waals surface area contributed by atoms with Gasteiger partial charge in [-0.3, -0.25) is 24.2 Å². The molecular weight excluding hydrogens is 747 g/mol. The molecule has 1 amide bonds. The lowest BCUT2D eigenvalue weighted by Gasteiger charge is -2.46. The van der Waals surface area contributed by atoms with Crippen LogP contribution in [0.1, 0.15) is 87.5 Å². The Morgan fingerprint density at radius 1 is 1.05 bits per heavy atom. The van der Waals surface area contributed by atoms with Gasteiger partial charge in [0.2, 0.25) is 0 Å². The number of carbonyl (C=O) groups excluding carboxylic acids is 3. The number of carbonyl (C=O) groups is 3. The van der Waals surface area contributed by atoms with E-state index < -0.39 is 71.5 Å². The highest BCUT2D eigenvalue weighted by Gasteiger charge is 2.58. The first-order chi connectivity index (χ1) is 27.4. The number of nitrogens with one attached hydrogen (secondary N) is 1. The number of unbranched alkanes of at least 4 members (excludes halogenated alkanes) is 1. The number of ether oxygens (including phenoxy) is 5. The molecule has 2 N–H and O–H groups in total. The summed E-state index contributed by atoms with van der Waals surface area (Å²) < 4.78 is 33.3. The molecule has 2 aromatic rings. The molecule has 13 atom stereocenters. The fourth-order valence-corrected chi connectivity index (χ4v) is 9.25. The topological polar surface area (TPSA) is 180 Å². The number of aliphatic hydroxyl groups excluding tert-OH is 1. The van der Waals surface area contributed by atoms with Crippen molar-refractivity contribution in [1.82, 2.24) is 35.1 Å². The summed E-state index contributed by atoms with van der Waals surface area (Å²) in [5, 5.41) is 23.6. The molecule has 5 rings (SSSR count). The van der Waals surface area contributed by atoms with Crippen LogP contribution in [0.25, 0.3) is 11.4 Å². The van der Waals surface area contributed by atoms with Crippen molar-refractivity contribution in [3.8, 4) is 11.4 Å². The van der Waals surface area contributed by atoms with E-state index in [1.165, 1.54) is 6.92 Å². The average molecular weight is 814 g/mol. The van der Waals surface area contributed by atoms with E-state index in [2.05, 4.69) is 27.5 Å². The Hall–Kier alpha value is -3.54. The van der Waals surface area contributed by atoms with E-state index in [-0.39, 0.29) is 24.1 Å². The van der Waals surface area contributed by atoms with E-state index in [0.717, 1.165) is 12.1 Å². The maximum absolute atomic E-state index is 14.4. The zero-order chi connectivity index (χ0) is 42.5. The van der Waals surface area contributed by atoms with Crippen molar-refractivity contribution in [2.75, 3.05) is 34.3 Å². The molecule has 2 aromatic heterocycles. The monoisotopic (exact) mass is 814 g/mol. The number of likely N-dealkylation sites (N-methyl/N-ethyl adjacent to an activating group) is 1. The maximum Gasteiger partial charge on any atom is 0.410 e. The van der Waals surface area contributed by atoms with Gasteiger partial charge < -0.3 is 39.0 Å². The number of methoxy groups -OCH3 is 1. The third-order valence-electron chi connectivity index (χ3n) is 12.6. The van der Waals surface area contributed by atoms with Gasteiger partial charge in [-0.05, 0) is 105 Å². The van der Waals surface area contributed by atoms with E-state index in [0.29, 0.717) is 51.0 Å². The van der Waals surface area contributed by atoms with Crippen molar-refractivity contribution in [3.05, 3.63) is 30.6 Å². The van der Waals surface area contributed by atoms with Gasteiger partial charge in [0.05, 0.1) is 35.7 Å². The predicted molar refractivity (Wildman–Crippen MR) is 215 cm³/mol. The normalized spacial score (nSPS) is 36.9. The van der Waals surface area contributed by atoms with E-state index >= 15 is 0 Å². The minimum Gasteiger partial charge on any atom is -0.458 e. The molecule has 3 fully saturated rings. The van der Waals surface area contributed by atoms with Crippen LogP contribution in [0.4, 0.5) is 4.79 Å². The van der Waals surface area contributed by atoms with Crippen LogP contribution in [0.5, 0.6) is 0 Å². The minimum atomic E-state index is -1.23. The summed E-state index contributed by atoms with van der Waals surface area (Å²) >= 11 is 0. The number of ketones is 1. The summed E-state index contributed by atoms with van der Waals surface area (Å²) in [6.07, 6.45) is 1.92. The molecule has 0 aliphatic carbocycles. The zero-order valence-electron chi connectivity index (χ0n) is 36.3. The molecule has 16 nitrogen and oxygen atoms in total. The highest BCUT2D eigenvalue weighted by Crippen LogP contribution is 2.40. The number of hydrogen-bond donors (Lipinski definition) is 2. The molecule has 3 aliphatic heterocycles. The van der Waals surface area contributed by atoms with Gasteiger partial charge in [0, 0.05) is 44.4 Å². The minimum absolute atomic E-state index is 0.00904. The van der Waals surface area contributed by atoms with Crippen molar-refractivity contribution in [3.63, 3.8) is 0 Å². The number of aryl methyl sites for hydroxylation is 1. The van der Waals surface area contributed by atoms with E-state index in [9.17, 15) is 19.5 Å². The van der Waals surface area contributed by atoms with Gasteiger partial charge in [0.25, 0.3) is 0 Å². The highest BCUT2D eigenvalue weighted by molar-refractivity contribution is 6.00. The van der Waals surface area contributed by atoms with Crippen LogP contribution in [-0.4, -0.2) is 147 Å². The quantitative estimate of drug-likeness (QED) is 0.188. The lowest BCUT2D eigenvalue weighted by Crippen LogP contribution is -2.61. The molecule has 0 spiro atoms. The van der Waals surface area contributed by atoms with Crippen LogP contribution in [0.15, 0.2) is 30.6 Å². The second kappa shape index (κ2) is 19.2. The molecule has 5 heterocycles. The van der Waals surface area contributed by atoms with Gasteiger partial charge in [-0.1, -0.05) is 32.1 Å². The molecule has 324 valence electrons. The number of rotatable bonds is 11. The molecule has 3 saturated heterocycles. The van der Waals surface area contributed by atoms with Crippen LogP contribution in [0.3, 0.4) is 0 Å². The summed E-state index contributed by atoms with van der Waals surface area (Å²) in [6, 6.07) is 4.61. The standard InChI is InChI=1S/C42H67N7O9/c1-12-33-42(8)36(49(40(53)58-42)20-16-15-19-48-24-31(45-46-48)30-17-13-14-18-43-30)29(6)44-23-25(2)22-41(7,54-11)37(27(4)34(50)28(5)38(52)56-33)57-39-35(51)32(47(9)10)21-26(3)55-39/h13-14,17-18,24-29,32-33,35-37,39,44,51H,12,15-16,19-23H2,1-11H3/t25-,26-,27+,28?,29-,32?,33+,35?,36-,37-,39+,41-,42-/m1/s1. The molecule has 3 aliphatic rings. The molecular formula is C42H67N7O9. The predicted octanol–water partition coefficient (Wildman–Crippen LogP) is 4.10. The van der Waals surface area contributed by atoms with Gasteiger partial charge in [-0.25, -0.2) is 4.79 Å². The van der Waals surface area contributed by atoms with Crippen molar-refractivity contribution in [2.24, 2.45) is 17.8 Å².